The van der Waals surface area contributed by atoms with Gasteiger partial charge in [-0.1, -0.05) is 29.8 Å². The fraction of sp³-hybridized carbons (Fsp3) is 0.312. The van der Waals surface area contributed by atoms with Gasteiger partial charge in [0.05, 0.1) is 0 Å². The summed E-state index contributed by atoms with van der Waals surface area (Å²) in [5.74, 6) is -1.28. The number of carbonyl (C=O) groups excluding carboxylic acids is 3. The zero-order valence-electron chi connectivity index (χ0n) is 12.3. The zero-order valence-corrected chi connectivity index (χ0v) is 12.3. The Hall–Kier alpha value is -2.43. The van der Waals surface area contributed by atoms with Gasteiger partial charge in [-0.2, -0.15) is 0 Å². The van der Waals surface area contributed by atoms with Crippen molar-refractivity contribution >= 4 is 23.8 Å². The molecule has 110 valence electrons. The first-order chi connectivity index (χ1) is 9.80. The first kappa shape index (κ1) is 15.0. The molecule has 1 aromatic carbocycles. The third-order valence-corrected chi connectivity index (χ3v) is 3.51. The van der Waals surface area contributed by atoms with Gasteiger partial charge in [-0.25, -0.2) is 0 Å². The van der Waals surface area contributed by atoms with Crippen LogP contribution in [0.5, 0.6) is 0 Å². The number of rotatable bonds is 2. The van der Waals surface area contributed by atoms with E-state index in [2.05, 4.69) is 5.32 Å². The Morgan fingerprint density at radius 2 is 2.05 bits per heavy atom. The third-order valence-electron chi connectivity index (χ3n) is 3.51. The highest BCUT2D eigenvalue weighted by molar-refractivity contribution is 6.08. The molecule has 1 saturated heterocycles. The molecule has 1 heterocycles. The molecule has 2 rings (SSSR count). The molecule has 0 atom stereocenters. The molecule has 1 aromatic rings. The van der Waals surface area contributed by atoms with Crippen LogP contribution in [0.3, 0.4) is 0 Å². The van der Waals surface area contributed by atoms with Crippen LogP contribution in [-0.2, 0) is 14.4 Å². The highest BCUT2D eigenvalue weighted by atomic mass is 16.2. The number of imide groups is 1. The van der Waals surface area contributed by atoms with Gasteiger partial charge >= 0.3 is 0 Å². The van der Waals surface area contributed by atoms with Gasteiger partial charge in [-0.3, -0.25) is 19.7 Å². The van der Waals surface area contributed by atoms with Gasteiger partial charge in [-0.15, -0.1) is 0 Å². The van der Waals surface area contributed by atoms with Gasteiger partial charge in [0, 0.05) is 6.08 Å². The molecular weight excluding hydrogens is 268 g/mol. The SMILES string of the molecule is Cc1cccc(C=CC(=O)N2CC(=O)NC(=O)C2(C)C)c1. The number of nitrogens with one attached hydrogen (secondary N) is 1. The second-order valence-corrected chi connectivity index (χ2v) is 5.61. The van der Waals surface area contributed by atoms with Gasteiger partial charge in [0.1, 0.15) is 12.1 Å². The Bertz CT molecular complexity index is 632. The lowest BCUT2D eigenvalue weighted by Gasteiger charge is -2.39. The predicted octanol–water partition coefficient (Wildman–Crippen LogP) is 1.27. The molecule has 0 aromatic heterocycles. The summed E-state index contributed by atoms with van der Waals surface area (Å²) in [6, 6.07) is 7.70. The maximum absolute atomic E-state index is 12.3. The van der Waals surface area contributed by atoms with Crippen LogP contribution in [0.1, 0.15) is 25.0 Å². The number of hydrogen-bond donors (Lipinski definition) is 1. The normalized spacial score (nSPS) is 18.0. The van der Waals surface area contributed by atoms with E-state index in [1.165, 1.54) is 11.0 Å². The van der Waals surface area contributed by atoms with Crippen LogP contribution in [0.15, 0.2) is 30.3 Å². The summed E-state index contributed by atoms with van der Waals surface area (Å²) < 4.78 is 0. The molecule has 1 N–H and O–H groups in total. The van der Waals surface area contributed by atoms with Gasteiger partial charge in [0.2, 0.25) is 11.8 Å². The maximum atomic E-state index is 12.3. The average Bonchev–Trinajstić information content (AvgIpc) is 2.40. The van der Waals surface area contributed by atoms with Crippen LogP contribution in [0.25, 0.3) is 6.08 Å². The van der Waals surface area contributed by atoms with Crippen LogP contribution in [0.2, 0.25) is 0 Å². The quantitative estimate of drug-likeness (QED) is 0.657. The van der Waals surface area contributed by atoms with Gasteiger partial charge in [0.25, 0.3) is 5.91 Å². The van der Waals surface area contributed by atoms with Crippen LogP contribution >= 0.6 is 0 Å². The summed E-state index contributed by atoms with van der Waals surface area (Å²) in [6.45, 7) is 5.09. The minimum atomic E-state index is -1.04. The van der Waals surface area contributed by atoms with E-state index in [1.54, 1.807) is 19.9 Å². The minimum absolute atomic E-state index is 0.115. The van der Waals surface area contributed by atoms with E-state index in [0.29, 0.717) is 0 Å². The number of amides is 3. The Morgan fingerprint density at radius 3 is 2.71 bits per heavy atom. The second-order valence-electron chi connectivity index (χ2n) is 5.61. The molecule has 0 saturated carbocycles. The van der Waals surface area contributed by atoms with Crippen molar-refractivity contribution in [1.29, 1.82) is 0 Å². The van der Waals surface area contributed by atoms with E-state index < -0.39 is 17.4 Å². The molecule has 1 fully saturated rings. The molecule has 3 amide bonds. The average molecular weight is 286 g/mol. The van der Waals surface area contributed by atoms with E-state index in [0.717, 1.165) is 11.1 Å². The van der Waals surface area contributed by atoms with E-state index in [9.17, 15) is 14.4 Å². The molecule has 5 nitrogen and oxygen atoms in total. The predicted molar refractivity (Wildman–Crippen MR) is 79.2 cm³/mol. The number of hydrogen-bond acceptors (Lipinski definition) is 3. The standard InChI is InChI=1S/C16H18N2O3/c1-11-5-4-6-12(9-11)7-8-14(20)18-10-13(19)17-15(21)16(18,2)3/h4-9H,10H2,1-3H3,(H,17,19,21). The van der Waals surface area contributed by atoms with Gasteiger partial charge in [-0.05, 0) is 32.4 Å². The molecule has 5 heteroatoms. The third kappa shape index (κ3) is 3.18. The van der Waals surface area contributed by atoms with E-state index in [1.807, 2.05) is 31.2 Å². The lowest BCUT2D eigenvalue weighted by Crippen LogP contribution is -2.65. The second kappa shape index (κ2) is 5.52. The zero-order chi connectivity index (χ0) is 15.6. The van der Waals surface area contributed by atoms with E-state index in [4.69, 9.17) is 0 Å². The van der Waals surface area contributed by atoms with E-state index in [-0.39, 0.29) is 12.5 Å². The number of nitrogens with zero attached hydrogens (tertiary/aromatic N) is 1. The Morgan fingerprint density at radius 1 is 1.33 bits per heavy atom. The minimum Gasteiger partial charge on any atom is -0.316 e. The van der Waals surface area contributed by atoms with Crippen LogP contribution in [0.4, 0.5) is 0 Å². The summed E-state index contributed by atoms with van der Waals surface area (Å²) in [7, 11) is 0. The number of aryl methyl sites for hydroxylation is 1. The van der Waals surface area contributed by atoms with Crippen molar-refractivity contribution in [2.45, 2.75) is 26.3 Å². The summed E-state index contributed by atoms with van der Waals surface area (Å²) >= 11 is 0. The lowest BCUT2D eigenvalue weighted by atomic mass is 9.98. The Kier molecular flexibility index (Phi) is 3.93. The van der Waals surface area contributed by atoms with Crippen molar-refractivity contribution in [3.05, 3.63) is 41.5 Å². The van der Waals surface area contributed by atoms with Crippen molar-refractivity contribution in [3.63, 3.8) is 0 Å². The summed E-state index contributed by atoms with van der Waals surface area (Å²) in [6.07, 6.45) is 3.07. The lowest BCUT2D eigenvalue weighted by molar-refractivity contribution is -0.153. The molecular formula is C16H18N2O3. The van der Waals surface area contributed by atoms with Crippen molar-refractivity contribution in [1.82, 2.24) is 10.2 Å². The molecule has 0 spiro atoms. The molecule has 1 aliphatic heterocycles. The van der Waals surface area contributed by atoms with E-state index >= 15 is 0 Å². The molecule has 0 unspecified atom stereocenters. The Labute approximate surface area is 123 Å². The first-order valence-electron chi connectivity index (χ1n) is 6.71. The maximum Gasteiger partial charge on any atom is 0.252 e. The topological polar surface area (TPSA) is 66.5 Å². The first-order valence-corrected chi connectivity index (χ1v) is 6.71. The molecule has 0 bridgehead atoms. The molecule has 21 heavy (non-hydrogen) atoms. The van der Waals surface area contributed by atoms with Crippen molar-refractivity contribution in [2.24, 2.45) is 0 Å². The highest BCUT2D eigenvalue weighted by Gasteiger charge is 2.42. The van der Waals surface area contributed by atoms with Gasteiger partial charge < -0.3 is 4.90 Å². The number of carbonyl (C=O) groups is 3. The van der Waals surface area contributed by atoms with Crippen LogP contribution in [-0.4, -0.2) is 34.7 Å². The fourth-order valence-corrected chi connectivity index (χ4v) is 2.17. The smallest absolute Gasteiger partial charge is 0.252 e. The Balaban J connectivity index is 2.19. The fourth-order valence-electron chi connectivity index (χ4n) is 2.17. The summed E-state index contributed by atoms with van der Waals surface area (Å²) in [5, 5.41) is 2.24. The monoisotopic (exact) mass is 286 g/mol. The summed E-state index contributed by atoms with van der Waals surface area (Å²) in [4.78, 5) is 36.8. The largest absolute Gasteiger partial charge is 0.316 e. The molecule has 0 aliphatic carbocycles. The highest BCUT2D eigenvalue weighted by Crippen LogP contribution is 2.19. The van der Waals surface area contributed by atoms with Crippen molar-refractivity contribution in [2.75, 3.05) is 6.54 Å². The van der Waals surface area contributed by atoms with Crippen LogP contribution < -0.4 is 5.32 Å². The van der Waals surface area contributed by atoms with Gasteiger partial charge in [0.15, 0.2) is 0 Å². The van der Waals surface area contributed by atoms with Crippen LogP contribution in [0, 0.1) is 6.92 Å². The number of piperazine rings is 1. The molecule has 1 aliphatic rings. The van der Waals surface area contributed by atoms with Crippen molar-refractivity contribution < 1.29 is 14.4 Å². The molecule has 0 radical (unpaired) electrons. The van der Waals surface area contributed by atoms with Crippen molar-refractivity contribution in [3.8, 4) is 0 Å². The number of benzene rings is 1. The summed E-state index contributed by atoms with van der Waals surface area (Å²) in [5.41, 5.74) is 0.952.